The Morgan fingerprint density at radius 2 is 2.03 bits per heavy atom. The number of nitrogens with one attached hydrogen (secondary N) is 1. The first-order valence-electron chi connectivity index (χ1n) is 9.86. The molecule has 0 saturated carbocycles. The van der Waals surface area contributed by atoms with Gasteiger partial charge in [-0.2, -0.15) is 10.2 Å². The van der Waals surface area contributed by atoms with E-state index in [0.717, 1.165) is 11.3 Å². The molecule has 31 heavy (non-hydrogen) atoms. The van der Waals surface area contributed by atoms with E-state index in [-0.39, 0.29) is 12.3 Å². The number of hydrogen-bond donors (Lipinski definition) is 3. The predicted octanol–water partition coefficient (Wildman–Crippen LogP) is 1.94. The largest absolute Gasteiger partial charge is 0.389 e. The van der Waals surface area contributed by atoms with Gasteiger partial charge in [0.15, 0.2) is 5.69 Å². The molecule has 10 nitrogen and oxygen atoms in total. The highest BCUT2D eigenvalue weighted by molar-refractivity contribution is 7.19. The van der Waals surface area contributed by atoms with Crippen molar-refractivity contribution in [1.82, 2.24) is 24.5 Å². The van der Waals surface area contributed by atoms with Crippen molar-refractivity contribution in [3.8, 4) is 10.6 Å². The van der Waals surface area contributed by atoms with Crippen molar-refractivity contribution < 1.29 is 13.9 Å². The Bertz CT molecular complexity index is 1090. The van der Waals surface area contributed by atoms with E-state index >= 15 is 0 Å². The topological polar surface area (TPSA) is 139 Å². The number of thiazole rings is 1. The SMILES string of the molecule is Cc1c(-c2nc(C(=O)Nc3cnn(C)c3[C@@H]3CC[C@@H](N)[C@H](F)CO3)c(N)s2)cnn1C. The van der Waals surface area contributed by atoms with E-state index in [9.17, 15) is 9.18 Å². The monoisotopic (exact) mass is 448 g/mol. The molecule has 0 spiro atoms. The average molecular weight is 449 g/mol. The molecular weight excluding hydrogens is 423 g/mol. The summed E-state index contributed by atoms with van der Waals surface area (Å²) in [6.45, 7) is 1.82. The van der Waals surface area contributed by atoms with E-state index in [2.05, 4.69) is 20.5 Å². The Morgan fingerprint density at radius 3 is 2.74 bits per heavy atom. The zero-order valence-electron chi connectivity index (χ0n) is 17.5. The van der Waals surface area contributed by atoms with Crippen LogP contribution in [-0.2, 0) is 18.8 Å². The summed E-state index contributed by atoms with van der Waals surface area (Å²) in [6, 6.07) is -0.569. The van der Waals surface area contributed by atoms with Gasteiger partial charge in [0.05, 0.1) is 35.9 Å². The number of nitrogens with zero attached hydrogens (tertiary/aromatic N) is 5. The normalized spacial score (nSPS) is 21.8. The van der Waals surface area contributed by atoms with Crippen molar-refractivity contribution in [2.45, 2.75) is 38.1 Å². The molecule has 4 heterocycles. The molecule has 0 bridgehead atoms. The molecule has 1 aliphatic rings. The maximum absolute atomic E-state index is 13.9. The number of carbonyl (C=O) groups excluding carboxylic acids is 1. The van der Waals surface area contributed by atoms with Crippen molar-refractivity contribution in [2.75, 3.05) is 17.7 Å². The summed E-state index contributed by atoms with van der Waals surface area (Å²) in [4.78, 5) is 17.4. The second-order valence-electron chi connectivity index (χ2n) is 7.60. The lowest BCUT2D eigenvalue weighted by Gasteiger charge is -2.17. The van der Waals surface area contributed by atoms with Crippen molar-refractivity contribution in [2.24, 2.45) is 19.8 Å². The predicted molar refractivity (Wildman–Crippen MR) is 115 cm³/mol. The van der Waals surface area contributed by atoms with Crippen LogP contribution in [0.1, 0.15) is 40.8 Å². The highest BCUT2D eigenvalue weighted by Gasteiger charge is 2.30. The summed E-state index contributed by atoms with van der Waals surface area (Å²) in [6.07, 6.45) is 2.56. The van der Waals surface area contributed by atoms with E-state index in [1.165, 1.54) is 17.5 Å². The van der Waals surface area contributed by atoms with Crippen LogP contribution in [0.2, 0.25) is 0 Å². The van der Waals surface area contributed by atoms with Crippen LogP contribution < -0.4 is 16.8 Å². The number of anilines is 2. The molecule has 166 valence electrons. The minimum atomic E-state index is -1.22. The van der Waals surface area contributed by atoms with Crippen LogP contribution in [0.15, 0.2) is 12.4 Å². The van der Waals surface area contributed by atoms with E-state index in [1.807, 2.05) is 14.0 Å². The van der Waals surface area contributed by atoms with Gasteiger partial charge in [0.25, 0.3) is 5.91 Å². The second kappa shape index (κ2) is 8.36. The molecule has 0 radical (unpaired) electrons. The summed E-state index contributed by atoms with van der Waals surface area (Å²) < 4.78 is 23.0. The van der Waals surface area contributed by atoms with Crippen molar-refractivity contribution in [1.29, 1.82) is 0 Å². The fraction of sp³-hybridized carbons (Fsp3) is 0.474. The van der Waals surface area contributed by atoms with E-state index in [4.69, 9.17) is 16.2 Å². The molecule has 1 aliphatic heterocycles. The summed E-state index contributed by atoms with van der Waals surface area (Å²) in [5.41, 5.74) is 14.9. The van der Waals surface area contributed by atoms with Gasteiger partial charge in [0.2, 0.25) is 0 Å². The van der Waals surface area contributed by atoms with Gasteiger partial charge in [-0.3, -0.25) is 14.2 Å². The maximum Gasteiger partial charge on any atom is 0.277 e. The average Bonchev–Trinajstić information content (AvgIpc) is 3.36. The molecule has 12 heteroatoms. The van der Waals surface area contributed by atoms with Gasteiger partial charge in [-0.05, 0) is 19.8 Å². The van der Waals surface area contributed by atoms with Crippen molar-refractivity contribution in [3.63, 3.8) is 0 Å². The first-order chi connectivity index (χ1) is 14.8. The summed E-state index contributed by atoms with van der Waals surface area (Å²) in [5.74, 6) is -0.454. The fourth-order valence-corrected chi connectivity index (χ4v) is 4.47. The maximum atomic E-state index is 13.9. The molecular formula is C19H25FN8O2S. The van der Waals surface area contributed by atoms with Gasteiger partial charge in [-0.15, -0.1) is 0 Å². The van der Waals surface area contributed by atoms with Crippen LogP contribution in [0.3, 0.4) is 0 Å². The van der Waals surface area contributed by atoms with Crippen molar-refractivity contribution in [3.05, 3.63) is 29.5 Å². The smallest absolute Gasteiger partial charge is 0.277 e. The van der Waals surface area contributed by atoms with E-state index in [1.54, 1.807) is 22.6 Å². The third-order valence-corrected chi connectivity index (χ3v) is 6.47. The zero-order valence-corrected chi connectivity index (χ0v) is 18.3. The van der Waals surface area contributed by atoms with Gasteiger partial charge < -0.3 is 21.5 Å². The van der Waals surface area contributed by atoms with Crippen LogP contribution in [0, 0.1) is 6.92 Å². The number of aromatic nitrogens is 5. The quantitative estimate of drug-likeness (QED) is 0.554. The Morgan fingerprint density at radius 1 is 1.29 bits per heavy atom. The molecule has 3 aromatic heterocycles. The molecule has 5 N–H and O–H groups in total. The number of carbonyl (C=O) groups is 1. The third-order valence-electron chi connectivity index (χ3n) is 5.56. The Balaban J connectivity index is 1.57. The zero-order chi connectivity index (χ0) is 22.3. The molecule has 4 rings (SSSR count). The lowest BCUT2D eigenvalue weighted by molar-refractivity contribution is 0.0247. The number of nitrogen functional groups attached to an aromatic ring is 1. The molecule has 1 fully saturated rings. The molecule has 3 atom stereocenters. The van der Waals surface area contributed by atoms with Crippen LogP contribution in [0.5, 0.6) is 0 Å². The first kappa shape index (κ1) is 21.4. The third kappa shape index (κ3) is 4.05. The van der Waals surface area contributed by atoms with Gasteiger partial charge in [0, 0.05) is 25.8 Å². The lowest BCUT2D eigenvalue weighted by Crippen LogP contribution is -2.32. The molecule has 0 aromatic carbocycles. The van der Waals surface area contributed by atoms with Crippen molar-refractivity contribution >= 4 is 27.9 Å². The van der Waals surface area contributed by atoms with Crippen LogP contribution >= 0.6 is 11.3 Å². The minimum Gasteiger partial charge on any atom is -0.389 e. The lowest BCUT2D eigenvalue weighted by atomic mass is 10.0. The highest BCUT2D eigenvalue weighted by atomic mass is 32.1. The highest BCUT2D eigenvalue weighted by Crippen LogP contribution is 2.34. The molecule has 3 aromatic rings. The number of ether oxygens (including phenoxy) is 1. The van der Waals surface area contributed by atoms with E-state index < -0.39 is 24.2 Å². The number of amides is 1. The second-order valence-corrected chi connectivity index (χ2v) is 8.63. The number of rotatable bonds is 4. The number of halogens is 1. The fourth-order valence-electron chi connectivity index (χ4n) is 3.58. The first-order valence-corrected chi connectivity index (χ1v) is 10.7. The van der Waals surface area contributed by atoms with Crippen LogP contribution in [0.25, 0.3) is 10.6 Å². The summed E-state index contributed by atoms with van der Waals surface area (Å²) >= 11 is 1.23. The summed E-state index contributed by atoms with van der Waals surface area (Å²) in [5, 5.41) is 12.2. The molecule has 0 unspecified atom stereocenters. The number of hydrogen-bond acceptors (Lipinski definition) is 8. The van der Waals surface area contributed by atoms with E-state index in [0.29, 0.717) is 34.2 Å². The van der Waals surface area contributed by atoms with Gasteiger partial charge in [0.1, 0.15) is 22.3 Å². The van der Waals surface area contributed by atoms with Gasteiger partial charge >= 0.3 is 0 Å². The Labute approximate surface area is 182 Å². The Hall–Kier alpha value is -2.83. The number of nitrogens with two attached hydrogens (primary N) is 2. The Kier molecular flexibility index (Phi) is 5.77. The molecule has 1 amide bonds. The van der Waals surface area contributed by atoms with Gasteiger partial charge in [-0.1, -0.05) is 11.3 Å². The number of alkyl halides is 1. The standard InChI is InChI=1S/C19H25FN8O2S/c1-9-10(6-23-27(9)2)19-26-15(17(22)31-19)18(29)25-13-7-24-28(3)16(13)14-5-4-12(21)11(20)8-30-14/h6-7,11-12,14H,4-5,8,21-22H2,1-3H3,(H,25,29)/t11-,12-,14+/m1/s1. The van der Waals surface area contributed by atoms with Crippen LogP contribution in [-0.4, -0.2) is 49.3 Å². The molecule has 0 aliphatic carbocycles. The number of aryl methyl sites for hydroxylation is 2. The van der Waals surface area contributed by atoms with Crippen LogP contribution in [0.4, 0.5) is 15.1 Å². The van der Waals surface area contributed by atoms with Gasteiger partial charge in [-0.25, -0.2) is 9.37 Å². The minimum absolute atomic E-state index is 0.0999. The summed E-state index contributed by atoms with van der Waals surface area (Å²) in [7, 11) is 3.58. The molecule has 1 saturated heterocycles.